The van der Waals surface area contributed by atoms with Crippen LogP contribution in [0.15, 0.2) is 18.2 Å². The van der Waals surface area contributed by atoms with Crippen LogP contribution in [0.25, 0.3) is 0 Å². The number of ether oxygens (including phenoxy) is 2. The first-order chi connectivity index (χ1) is 16.2. The maximum atomic E-state index is 12.8. The molecule has 3 unspecified atom stereocenters. The number of carbonyl (C=O) groups is 3. The molecule has 0 spiro atoms. The molecule has 3 aliphatic heterocycles. The number of rotatable bonds is 6. The molecule has 1 N–H and O–H groups in total. The Labute approximate surface area is 194 Å². The minimum absolute atomic E-state index is 0.0926. The topological polar surface area (TPSA) is 88.2 Å². The predicted molar refractivity (Wildman–Crippen MR) is 112 cm³/mol. The maximum Gasteiger partial charge on any atom is 0.411 e. The molecule has 5 rings (SSSR count). The molecule has 34 heavy (non-hydrogen) atoms. The van der Waals surface area contributed by atoms with Crippen molar-refractivity contribution in [2.75, 3.05) is 19.7 Å². The van der Waals surface area contributed by atoms with E-state index in [2.05, 4.69) is 10.2 Å². The van der Waals surface area contributed by atoms with Gasteiger partial charge in [-0.2, -0.15) is 13.2 Å². The minimum Gasteiger partial charge on any atom is -0.489 e. The van der Waals surface area contributed by atoms with Crippen molar-refractivity contribution in [2.45, 2.75) is 69.1 Å². The lowest BCUT2D eigenvalue weighted by molar-refractivity contribution is -0.202. The number of nitrogens with zero attached hydrogens (tertiary/aromatic N) is 2. The Morgan fingerprint density at radius 2 is 1.88 bits per heavy atom. The Bertz CT molecular complexity index is 995. The largest absolute Gasteiger partial charge is 0.489 e. The van der Waals surface area contributed by atoms with E-state index in [4.69, 9.17) is 9.47 Å². The van der Waals surface area contributed by atoms with Gasteiger partial charge in [0.05, 0.1) is 6.10 Å². The van der Waals surface area contributed by atoms with E-state index in [1.54, 1.807) is 12.1 Å². The summed E-state index contributed by atoms with van der Waals surface area (Å²) in [7, 11) is 0. The zero-order chi connectivity index (χ0) is 24.0. The molecule has 1 aliphatic carbocycles. The molecule has 2 saturated heterocycles. The van der Waals surface area contributed by atoms with Gasteiger partial charge in [-0.3, -0.25) is 24.6 Å². The number of benzene rings is 1. The summed E-state index contributed by atoms with van der Waals surface area (Å²) in [5, 5.41) is 2.29. The highest BCUT2D eigenvalue weighted by atomic mass is 19.4. The number of nitrogens with one attached hydrogen (secondary N) is 1. The number of piperidine rings is 1. The van der Waals surface area contributed by atoms with Gasteiger partial charge in [-0.25, -0.2) is 0 Å². The number of halogens is 3. The first-order valence-electron chi connectivity index (χ1n) is 11.5. The zero-order valence-corrected chi connectivity index (χ0v) is 18.5. The van der Waals surface area contributed by atoms with Crippen LogP contribution in [0.3, 0.4) is 0 Å². The Morgan fingerprint density at radius 1 is 1.09 bits per heavy atom. The van der Waals surface area contributed by atoms with Crippen LogP contribution in [-0.4, -0.2) is 77.7 Å². The van der Waals surface area contributed by atoms with Gasteiger partial charge < -0.3 is 14.4 Å². The van der Waals surface area contributed by atoms with E-state index in [9.17, 15) is 27.6 Å². The number of likely N-dealkylation sites (tertiary alicyclic amines) is 1. The van der Waals surface area contributed by atoms with Crippen LogP contribution in [0.4, 0.5) is 13.2 Å². The van der Waals surface area contributed by atoms with Crippen molar-refractivity contribution < 1.29 is 37.0 Å². The summed E-state index contributed by atoms with van der Waals surface area (Å²) in [5.41, 5.74) is 1.29. The van der Waals surface area contributed by atoms with E-state index in [-0.39, 0.29) is 36.9 Å². The van der Waals surface area contributed by atoms with Crippen molar-refractivity contribution in [3.8, 4) is 5.75 Å². The molecule has 1 aromatic carbocycles. The summed E-state index contributed by atoms with van der Waals surface area (Å²) in [6.45, 7) is -0.0314. The Morgan fingerprint density at radius 3 is 2.62 bits per heavy atom. The monoisotopic (exact) mass is 481 g/mol. The summed E-state index contributed by atoms with van der Waals surface area (Å²) in [5.74, 6) is -0.387. The van der Waals surface area contributed by atoms with E-state index in [1.807, 2.05) is 6.07 Å². The van der Waals surface area contributed by atoms with E-state index < -0.39 is 30.8 Å². The van der Waals surface area contributed by atoms with Gasteiger partial charge in [-0.15, -0.1) is 0 Å². The second-order valence-corrected chi connectivity index (χ2v) is 9.38. The molecular formula is C23H26F3N3O5. The summed E-state index contributed by atoms with van der Waals surface area (Å²) < 4.78 is 48.2. The Hall–Kier alpha value is -2.66. The van der Waals surface area contributed by atoms with Crippen LogP contribution < -0.4 is 10.1 Å². The quantitative estimate of drug-likeness (QED) is 0.626. The molecule has 3 atom stereocenters. The number of alkyl halides is 3. The average molecular weight is 481 g/mol. The normalized spacial score (nSPS) is 28.1. The predicted octanol–water partition coefficient (Wildman–Crippen LogP) is 2.01. The van der Waals surface area contributed by atoms with Crippen LogP contribution >= 0.6 is 0 Å². The van der Waals surface area contributed by atoms with Crippen molar-refractivity contribution >= 4 is 17.7 Å². The van der Waals surface area contributed by atoms with E-state index in [1.165, 1.54) is 4.90 Å². The summed E-state index contributed by atoms with van der Waals surface area (Å²) in [6.07, 6.45) is -1.60. The third kappa shape index (κ3) is 4.63. The average Bonchev–Trinajstić information content (AvgIpc) is 3.30. The van der Waals surface area contributed by atoms with Gasteiger partial charge in [0.2, 0.25) is 11.8 Å². The molecule has 8 nitrogen and oxygen atoms in total. The van der Waals surface area contributed by atoms with Crippen LogP contribution in [-0.2, 0) is 20.9 Å². The fourth-order valence-electron chi connectivity index (χ4n) is 5.32. The van der Waals surface area contributed by atoms with Gasteiger partial charge in [-0.05, 0) is 49.4 Å². The summed E-state index contributed by atoms with van der Waals surface area (Å²) in [6, 6.07) is 4.71. The molecule has 0 radical (unpaired) electrons. The van der Waals surface area contributed by atoms with E-state index >= 15 is 0 Å². The number of fused-ring (bicyclic) bond motifs is 1. The third-order valence-corrected chi connectivity index (χ3v) is 7.03. The van der Waals surface area contributed by atoms with Crippen molar-refractivity contribution in [1.82, 2.24) is 15.1 Å². The molecule has 3 heterocycles. The van der Waals surface area contributed by atoms with Crippen molar-refractivity contribution in [3.63, 3.8) is 0 Å². The lowest BCUT2D eigenvalue weighted by atomic mass is 10.0. The van der Waals surface area contributed by atoms with E-state index in [0.717, 1.165) is 24.8 Å². The number of hydrogen-bond acceptors (Lipinski definition) is 6. The molecule has 1 aromatic rings. The van der Waals surface area contributed by atoms with Gasteiger partial charge in [-0.1, -0.05) is 0 Å². The molecule has 3 fully saturated rings. The molecule has 0 bridgehead atoms. The smallest absolute Gasteiger partial charge is 0.411 e. The molecule has 0 aromatic heterocycles. The minimum atomic E-state index is -4.32. The SMILES string of the molecule is O=C1CCC(N2Cc3cc(OC4CCCC4N4CC(OCC(F)(F)F)C4)ccc3C2=O)C(=O)N1. The van der Waals surface area contributed by atoms with Crippen LogP contribution in [0.1, 0.15) is 48.0 Å². The first-order valence-corrected chi connectivity index (χ1v) is 11.5. The Kier molecular flexibility index (Phi) is 6.01. The lowest BCUT2D eigenvalue weighted by Crippen LogP contribution is -2.59. The number of imide groups is 1. The molecule has 11 heteroatoms. The molecule has 4 aliphatic rings. The van der Waals surface area contributed by atoms with Crippen molar-refractivity contribution in [1.29, 1.82) is 0 Å². The first kappa shape index (κ1) is 23.1. The standard InChI is InChI=1S/C23H26F3N3O5/c24-23(25,26)12-33-15-10-28(11-15)17-2-1-3-19(17)34-14-4-5-16-13(8-14)9-29(22(16)32)18-6-7-20(30)27-21(18)31/h4-5,8,15,17-19H,1-3,6-7,9-12H2,(H,27,30,31). The van der Waals surface area contributed by atoms with Gasteiger partial charge in [0.25, 0.3) is 5.91 Å². The van der Waals surface area contributed by atoms with Crippen LogP contribution in [0, 0.1) is 0 Å². The number of carbonyl (C=O) groups excluding carboxylic acids is 3. The van der Waals surface area contributed by atoms with Gasteiger partial charge in [0, 0.05) is 37.7 Å². The van der Waals surface area contributed by atoms with Crippen molar-refractivity contribution in [3.05, 3.63) is 29.3 Å². The molecule has 184 valence electrons. The third-order valence-electron chi connectivity index (χ3n) is 7.03. The second-order valence-electron chi connectivity index (χ2n) is 9.38. The van der Waals surface area contributed by atoms with Crippen molar-refractivity contribution in [2.24, 2.45) is 0 Å². The van der Waals surface area contributed by atoms with Gasteiger partial charge >= 0.3 is 6.18 Å². The second kappa shape index (κ2) is 8.84. The Balaban J connectivity index is 1.19. The molecule has 3 amide bonds. The fourth-order valence-corrected chi connectivity index (χ4v) is 5.32. The van der Waals surface area contributed by atoms with E-state index in [0.29, 0.717) is 30.8 Å². The highest BCUT2D eigenvalue weighted by Crippen LogP contribution is 2.35. The number of hydrogen-bond donors (Lipinski definition) is 1. The summed E-state index contributed by atoms with van der Waals surface area (Å²) >= 11 is 0. The molecule has 1 saturated carbocycles. The zero-order valence-electron chi connectivity index (χ0n) is 18.5. The van der Waals surface area contributed by atoms with Gasteiger partial charge in [0.1, 0.15) is 24.5 Å². The lowest BCUT2D eigenvalue weighted by Gasteiger charge is -2.44. The highest BCUT2D eigenvalue weighted by Gasteiger charge is 2.43. The van der Waals surface area contributed by atoms with Crippen LogP contribution in [0.5, 0.6) is 5.75 Å². The van der Waals surface area contributed by atoms with Crippen LogP contribution in [0.2, 0.25) is 0 Å². The number of amides is 3. The van der Waals surface area contributed by atoms with Gasteiger partial charge in [0.15, 0.2) is 0 Å². The fraction of sp³-hybridized carbons (Fsp3) is 0.609. The highest BCUT2D eigenvalue weighted by molar-refractivity contribution is 6.05. The summed E-state index contributed by atoms with van der Waals surface area (Å²) in [4.78, 5) is 40.1. The molecular weight excluding hydrogens is 455 g/mol. The maximum absolute atomic E-state index is 12.8.